The van der Waals surface area contributed by atoms with Gasteiger partial charge in [-0.05, 0) is 43.7 Å². The van der Waals surface area contributed by atoms with Gasteiger partial charge in [-0.2, -0.15) is 0 Å². The third-order valence-electron chi connectivity index (χ3n) is 3.99. The first-order valence-corrected chi connectivity index (χ1v) is 7.55. The summed E-state index contributed by atoms with van der Waals surface area (Å²) in [6.07, 6.45) is 1.38. The van der Waals surface area contributed by atoms with Crippen LogP contribution < -0.4 is 10.6 Å². The van der Waals surface area contributed by atoms with Crippen LogP contribution in [0.25, 0.3) is 0 Å². The van der Waals surface area contributed by atoms with E-state index in [9.17, 15) is 18.8 Å². The zero-order valence-corrected chi connectivity index (χ0v) is 13.6. The minimum atomic E-state index is -1.38. The van der Waals surface area contributed by atoms with Crippen molar-refractivity contribution in [2.24, 2.45) is 0 Å². The van der Waals surface area contributed by atoms with Crippen LogP contribution in [-0.4, -0.2) is 29.3 Å². The molecule has 0 saturated carbocycles. The van der Waals surface area contributed by atoms with Crippen molar-refractivity contribution in [2.75, 3.05) is 11.9 Å². The van der Waals surface area contributed by atoms with Crippen molar-refractivity contribution >= 4 is 23.5 Å². The van der Waals surface area contributed by atoms with Gasteiger partial charge >= 0.3 is 6.03 Å². The molecule has 1 atom stereocenters. The second-order valence-electron chi connectivity index (χ2n) is 5.96. The Balaban J connectivity index is 1.73. The van der Waals surface area contributed by atoms with Gasteiger partial charge < -0.3 is 15.1 Å². The number of hydrogen-bond acceptors (Lipinski definition) is 4. The number of anilines is 1. The molecular formula is C17H16FN3O4. The lowest BCUT2D eigenvalue weighted by molar-refractivity contribution is -0.134. The monoisotopic (exact) mass is 345 g/mol. The number of aryl methyl sites for hydroxylation is 1. The SMILES string of the molecule is Cc1ccc(NC(=O)CN2C(=O)N[C@](C)(c3ccco3)C2=O)c(F)c1. The highest BCUT2D eigenvalue weighted by Crippen LogP contribution is 2.29. The topological polar surface area (TPSA) is 91.7 Å². The summed E-state index contributed by atoms with van der Waals surface area (Å²) in [5.41, 5.74) is -0.689. The average molecular weight is 345 g/mol. The number of halogens is 1. The standard InChI is InChI=1S/C17H16FN3O4/c1-10-5-6-12(11(18)8-10)19-14(22)9-21-15(23)17(2,20-16(21)24)13-4-3-7-25-13/h3-8H,9H2,1-2H3,(H,19,22)(H,20,24)/t17-/m1/s1. The van der Waals surface area contributed by atoms with Crippen molar-refractivity contribution < 1.29 is 23.2 Å². The fourth-order valence-electron chi connectivity index (χ4n) is 2.63. The maximum Gasteiger partial charge on any atom is 0.325 e. The molecule has 25 heavy (non-hydrogen) atoms. The Hall–Kier alpha value is -3.16. The first kappa shape index (κ1) is 16.7. The van der Waals surface area contributed by atoms with Crippen LogP contribution in [0.4, 0.5) is 14.9 Å². The largest absolute Gasteiger partial charge is 0.466 e. The summed E-state index contributed by atoms with van der Waals surface area (Å²) < 4.78 is 19.0. The molecule has 130 valence electrons. The molecule has 1 aliphatic rings. The van der Waals surface area contributed by atoms with Crippen molar-refractivity contribution in [2.45, 2.75) is 19.4 Å². The predicted octanol–water partition coefficient (Wildman–Crippen LogP) is 2.13. The summed E-state index contributed by atoms with van der Waals surface area (Å²) in [5, 5.41) is 4.87. The van der Waals surface area contributed by atoms with E-state index < -0.39 is 35.7 Å². The number of furan rings is 1. The van der Waals surface area contributed by atoms with E-state index in [0.717, 1.165) is 4.90 Å². The minimum Gasteiger partial charge on any atom is -0.466 e. The first-order valence-electron chi connectivity index (χ1n) is 7.55. The molecule has 1 fully saturated rings. The first-order chi connectivity index (χ1) is 11.8. The molecule has 1 aliphatic heterocycles. The molecule has 1 saturated heterocycles. The number of imide groups is 1. The maximum atomic E-state index is 13.8. The van der Waals surface area contributed by atoms with Crippen LogP contribution in [0, 0.1) is 12.7 Å². The Morgan fingerprint density at radius 1 is 1.36 bits per heavy atom. The lowest BCUT2D eigenvalue weighted by Gasteiger charge is -2.18. The van der Waals surface area contributed by atoms with Crippen LogP contribution >= 0.6 is 0 Å². The Morgan fingerprint density at radius 3 is 2.76 bits per heavy atom. The third-order valence-corrected chi connectivity index (χ3v) is 3.99. The number of hydrogen-bond donors (Lipinski definition) is 2. The number of carbonyl (C=O) groups is 3. The van der Waals surface area contributed by atoms with Gasteiger partial charge in [-0.25, -0.2) is 9.18 Å². The van der Waals surface area contributed by atoms with Gasteiger partial charge in [0, 0.05) is 0 Å². The Labute approximate surface area is 142 Å². The maximum absolute atomic E-state index is 13.8. The normalized spacial score (nSPS) is 19.9. The second kappa shape index (κ2) is 6.04. The number of urea groups is 1. The van der Waals surface area contributed by atoms with E-state index in [1.54, 1.807) is 25.1 Å². The molecule has 0 radical (unpaired) electrons. The number of amides is 4. The third kappa shape index (κ3) is 2.98. The van der Waals surface area contributed by atoms with Gasteiger partial charge in [0.15, 0.2) is 5.54 Å². The quantitative estimate of drug-likeness (QED) is 0.831. The molecule has 0 bridgehead atoms. The molecule has 2 aromatic rings. The van der Waals surface area contributed by atoms with E-state index in [1.807, 2.05) is 0 Å². The summed E-state index contributed by atoms with van der Waals surface area (Å²) in [4.78, 5) is 37.5. The van der Waals surface area contributed by atoms with Gasteiger partial charge in [0.25, 0.3) is 5.91 Å². The zero-order chi connectivity index (χ0) is 18.2. The van der Waals surface area contributed by atoms with E-state index in [4.69, 9.17) is 4.42 Å². The van der Waals surface area contributed by atoms with Crippen molar-refractivity contribution in [1.29, 1.82) is 0 Å². The van der Waals surface area contributed by atoms with E-state index in [0.29, 0.717) is 5.56 Å². The Kier molecular flexibility index (Phi) is 4.03. The van der Waals surface area contributed by atoms with Gasteiger partial charge in [0.1, 0.15) is 18.1 Å². The molecule has 0 spiro atoms. The fourth-order valence-corrected chi connectivity index (χ4v) is 2.63. The smallest absolute Gasteiger partial charge is 0.325 e. The molecule has 1 aromatic heterocycles. The summed E-state index contributed by atoms with van der Waals surface area (Å²) in [6, 6.07) is 6.77. The second-order valence-corrected chi connectivity index (χ2v) is 5.96. The van der Waals surface area contributed by atoms with Crippen LogP contribution in [-0.2, 0) is 15.1 Å². The van der Waals surface area contributed by atoms with Crippen LogP contribution in [0.3, 0.4) is 0 Å². The lowest BCUT2D eigenvalue weighted by atomic mass is 9.99. The van der Waals surface area contributed by atoms with Gasteiger partial charge in [0.05, 0.1) is 12.0 Å². The van der Waals surface area contributed by atoms with E-state index in [-0.39, 0.29) is 11.4 Å². The van der Waals surface area contributed by atoms with E-state index in [2.05, 4.69) is 10.6 Å². The molecule has 2 heterocycles. The highest BCUT2D eigenvalue weighted by Gasteiger charge is 2.51. The highest BCUT2D eigenvalue weighted by atomic mass is 19.1. The number of rotatable bonds is 4. The molecule has 3 rings (SSSR count). The molecule has 0 unspecified atom stereocenters. The summed E-state index contributed by atoms with van der Waals surface area (Å²) in [5.74, 6) is -1.63. The van der Waals surface area contributed by atoms with E-state index >= 15 is 0 Å². The molecule has 8 heteroatoms. The molecule has 7 nitrogen and oxygen atoms in total. The Morgan fingerprint density at radius 2 is 2.12 bits per heavy atom. The molecule has 2 N–H and O–H groups in total. The van der Waals surface area contributed by atoms with Gasteiger partial charge in [-0.3, -0.25) is 14.5 Å². The van der Waals surface area contributed by atoms with Crippen LogP contribution in [0.1, 0.15) is 18.2 Å². The van der Waals surface area contributed by atoms with Crippen molar-refractivity contribution in [3.63, 3.8) is 0 Å². The van der Waals surface area contributed by atoms with Crippen molar-refractivity contribution in [3.8, 4) is 0 Å². The van der Waals surface area contributed by atoms with Crippen LogP contribution in [0.15, 0.2) is 41.0 Å². The lowest BCUT2D eigenvalue weighted by Crippen LogP contribution is -2.41. The number of carbonyl (C=O) groups excluding carboxylic acids is 3. The minimum absolute atomic E-state index is 0.0172. The molecular weight excluding hydrogens is 329 g/mol. The predicted molar refractivity (Wildman–Crippen MR) is 86.1 cm³/mol. The van der Waals surface area contributed by atoms with Crippen molar-refractivity contribution in [1.82, 2.24) is 10.2 Å². The molecule has 0 aliphatic carbocycles. The summed E-state index contributed by atoms with van der Waals surface area (Å²) in [7, 11) is 0. The number of benzene rings is 1. The van der Waals surface area contributed by atoms with Crippen LogP contribution in [0.5, 0.6) is 0 Å². The van der Waals surface area contributed by atoms with Gasteiger partial charge in [0.2, 0.25) is 5.91 Å². The summed E-state index contributed by atoms with van der Waals surface area (Å²) in [6.45, 7) is 2.68. The number of nitrogens with zero attached hydrogens (tertiary/aromatic N) is 1. The Bertz CT molecular complexity index is 850. The highest BCUT2D eigenvalue weighted by molar-refractivity contribution is 6.10. The molecule has 1 aromatic carbocycles. The summed E-state index contributed by atoms with van der Waals surface area (Å²) >= 11 is 0. The average Bonchev–Trinajstić information content (AvgIpc) is 3.15. The molecule has 4 amide bonds. The van der Waals surface area contributed by atoms with Crippen LogP contribution in [0.2, 0.25) is 0 Å². The van der Waals surface area contributed by atoms with Gasteiger partial charge in [-0.1, -0.05) is 6.07 Å². The number of nitrogens with one attached hydrogen (secondary N) is 2. The van der Waals surface area contributed by atoms with E-state index in [1.165, 1.54) is 25.3 Å². The van der Waals surface area contributed by atoms with Gasteiger partial charge in [-0.15, -0.1) is 0 Å². The zero-order valence-electron chi connectivity index (χ0n) is 13.6. The fraction of sp³-hybridized carbons (Fsp3) is 0.235. The van der Waals surface area contributed by atoms with Crippen molar-refractivity contribution in [3.05, 3.63) is 53.7 Å².